The Bertz CT molecular complexity index is 625. The molecule has 2 heterocycles. The molecule has 2 N–H and O–H groups in total. The van der Waals surface area contributed by atoms with Crippen LogP contribution in [0.5, 0.6) is 0 Å². The average molecular weight is 515 g/mol. The first kappa shape index (κ1) is 24.2. The van der Waals surface area contributed by atoms with Crippen LogP contribution in [0.25, 0.3) is 0 Å². The highest BCUT2D eigenvalue weighted by atomic mass is 127. The number of anilines is 1. The van der Waals surface area contributed by atoms with E-state index in [-0.39, 0.29) is 30.1 Å². The molecule has 164 valence electrons. The summed E-state index contributed by atoms with van der Waals surface area (Å²) in [6.07, 6.45) is 2.82. The Kier molecular flexibility index (Phi) is 10.5. The molecule has 2 aliphatic rings. The Labute approximate surface area is 193 Å². The van der Waals surface area contributed by atoms with Crippen LogP contribution in [0, 0.1) is 6.92 Å². The number of likely N-dealkylation sites (tertiary alicyclic amines) is 1. The number of aliphatic hydroxyl groups is 1. The third-order valence-electron chi connectivity index (χ3n) is 5.73. The lowest BCUT2D eigenvalue weighted by Gasteiger charge is -2.38. The second-order valence-electron chi connectivity index (χ2n) is 7.98. The smallest absolute Gasteiger partial charge is 0.194 e. The number of hydrogen-bond donors (Lipinski definition) is 2. The number of aryl methyl sites for hydroxylation is 1. The van der Waals surface area contributed by atoms with Crippen molar-refractivity contribution in [3.05, 3.63) is 29.8 Å². The largest absolute Gasteiger partial charge is 0.393 e. The summed E-state index contributed by atoms with van der Waals surface area (Å²) in [5.41, 5.74) is 2.64. The number of halogens is 1. The number of rotatable bonds is 6. The van der Waals surface area contributed by atoms with Gasteiger partial charge in [0.25, 0.3) is 0 Å². The molecule has 6 nitrogen and oxygen atoms in total. The molecule has 3 rings (SSSR count). The number of hydrogen-bond acceptors (Lipinski definition) is 4. The van der Waals surface area contributed by atoms with Gasteiger partial charge in [0.2, 0.25) is 0 Å². The van der Waals surface area contributed by atoms with Crippen molar-refractivity contribution in [3.8, 4) is 0 Å². The number of piperidine rings is 1. The molecule has 0 aliphatic carbocycles. The van der Waals surface area contributed by atoms with Crippen molar-refractivity contribution < 1.29 is 5.11 Å². The molecule has 0 bridgehead atoms. The number of guanidine groups is 1. The van der Waals surface area contributed by atoms with E-state index in [0.29, 0.717) is 0 Å². The van der Waals surface area contributed by atoms with E-state index in [9.17, 15) is 5.11 Å². The topological polar surface area (TPSA) is 54.3 Å². The summed E-state index contributed by atoms with van der Waals surface area (Å²) in [5, 5.41) is 13.1. The van der Waals surface area contributed by atoms with Crippen LogP contribution in [-0.2, 0) is 0 Å². The maximum absolute atomic E-state index is 9.61. The van der Waals surface area contributed by atoms with Gasteiger partial charge in [0.15, 0.2) is 5.96 Å². The van der Waals surface area contributed by atoms with Gasteiger partial charge in [-0.15, -0.1) is 24.0 Å². The summed E-state index contributed by atoms with van der Waals surface area (Å²) in [7, 11) is 0. The highest BCUT2D eigenvalue weighted by molar-refractivity contribution is 14.0. The van der Waals surface area contributed by atoms with Gasteiger partial charge in [-0.3, -0.25) is 4.99 Å². The molecule has 2 fully saturated rings. The van der Waals surface area contributed by atoms with E-state index in [1.807, 2.05) is 0 Å². The lowest BCUT2D eigenvalue weighted by molar-refractivity contribution is 0.0824. The summed E-state index contributed by atoms with van der Waals surface area (Å²) >= 11 is 0. The van der Waals surface area contributed by atoms with Gasteiger partial charge in [-0.25, -0.2) is 0 Å². The number of nitrogens with zero attached hydrogens (tertiary/aromatic N) is 4. The molecule has 0 atom stereocenters. The molecular formula is C22H38IN5O. The van der Waals surface area contributed by atoms with Crippen molar-refractivity contribution >= 4 is 35.6 Å². The zero-order valence-corrected chi connectivity index (χ0v) is 20.3. The molecule has 0 aromatic heterocycles. The normalized spacial score (nSPS) is 19.2. The minimum Gasteiger partial charge on any atom is -0.393 e. The fourth-order valence-electron chi connectivity index (χ4n) is 4.05. The predicted molar refractivity (Wildman–Crippen MR) is 133 cm³/mol. The Hall–Kier alpha value is -1.06. The quantitative estimate of drug-likeness (QED) is 0.264. The summed E-state index contributed by atoms with van der Waals surface area (Å²) in [5.74, 6) is 1.06. The average Bonchev–Trinajstić information content (AvgIpc) is 2.72. The molecule has 2 saturated heterocycles. The van der Waals surface area contributed by atoms with Crippen molar-refractivity contribution in [1.29, 1.82) is 0 Å². The van der Waals surface area contributed by atoms with Gasteiger partial charge in [-0.2, -0.15) is 0 Å². The first-order valence-corrected chi connectivity index (χ1v) is 10.9. The van der Waals surface area contributed by atoms with Crippen LogP contribution in [-0.4, -0.2) is 85.9 Å². The van der Waals surface area contributed by atoms with Crippen molar-refractivity contribution in [3.63, 3.8) is 0 Å². The molecule has 29 heavy (non-hydrogen) atoms. The first-order chi connectivity index (χ1) is 13.7. The highest BCUT2D eigenvalue weighted by Crippen LogP contribution is 2.18. The molecule has 7 heteroatoms. The van der Waals surface area contributed by atoms with Gasteiger partial charge in [0.05, 0.1) is 6.10 Å². The van der Waals surface area contributed by atoms with Crippen molar-refractivity contribution in [2.45, 2.75) is 39.2 Å². The van der Waals surface area contributed by atoms with Crippen molar-refractivity contribution in [2.24, 2.45) is 4.99 Å². The number of piperazine rings is 1. The van der Waals surface area contributed by atoms with E-state index in [1.165, 1.54) is 11.3 Å². The molecule has 2 aliphatic heterocycles. The van der Waals surface area contributed by atoms with E-state index in [4.69, 9.17) is 4.99 Å². The van der Waals surface area contributed by atoms with Crippen molar-refractivity contribution in [1.82, 2.24) is 15.1 Å². The molecule has 0 amide bonds. The van der Waals surface area contributed by atoms with Crippen LogP contribution in [0.2, 0.25) is 0 Å². The second kappa shape index (κ2) is 12.6. The number of benzene rings is 1. The van der Waals surface area contributed by atoms with Gasteiger partial charge in [-0.05, 0) is 57.4 Å². The van der Waals surface area contributed by atoms with Crippen molar-refractivity contribution in [2.75, 3.05) is 63.8 Å². The Morgan fingerprint density at radius 3 is 2.52 bits per heavy atom. The number of nitrogens with one attached hydrogen (secondary N) is 1. The van der Waals surface area contributed by atoms with E-state index in [1.54, 1.807) is 0 Å². The Balaban J connectivity index is 0.00000300. The molecule has 0 unspecified atom stereocenters. The summed E-state index contributed by atoms with van der Waals surface area (Å²) < 4.78 is 0. The lowest BCUT2D eigenvalue weighted by Crippen LogP contribution is -2.52. The van der Waals surface area contributed by atoms with Crippen LogP contribution >= 0.6 is 24.0 Å². The van der Waals surface area contributed by atoms with Crippen LogP contribution < -0.4 is 10.2 Å². The van der Waals surface area contributed by atoms with Gasteiger partial charge in [-0.1, -0.05) is 12.1 Å². The fourth-order valence-corrected chi connectivity index (χ4v) is 4.05. The van der Waals surface area contributed by atoms with Crippen LogP contribution in [0.15, 0.2) is 29.3 Å². The number of aliphatic imine (C=N–C) groups is 1. The maximum atomic E-state index is 9.61. The molecule has 1 aromatic rings. The first-order valence-electron chi connectivity index (χ1n) is 10.9. The second-order valence-corrected chi connectivity index (χ2v) is 7.98. The summed E-state index contributed by atoms with van der Waals surface area (Å²) in [6.45, 7) is 13.2. The van der Waals surface area contributed by atoms with Gasteiger partial charge in [0.1, 0.15) is 0 Å². The molecule has 0 spiro atoms. The molecule has 0 saturated carbocycles. The van der Waals surface area contributed by atoms with E-state index >= 15 is 0 Å². The Morgan fingerprint density at radius 1 is 1.14 bits per heavy atom. The zero-order valence-electron chi connectivity index (χ0n) is 18.0. The monoisotopic (exact) mass is 515 g/mol. The van der Waals surface area contributed by atoms with Gasteiger partial charge >= 0.3 is 0 Å². The van der Waals surface area contributed by atoms with Crippen LogP contribution in [0.4, 0.5) is 5.69 Å². The SMILES string of the molecule is CCNC(=NCCCN1CCC(O)CC1)N1CCN(c2cccc(C)c2)CC1.I. The molecule has 0 radical (unpaired) electrons. The fraction of sp³-hybridized carbons (Fsp3) is 0.682. The highest BCUT2D eigenvalue weighted by Gasteiger charge is 2.20. The minimum absolute atomic E-state index is 0. The van der Waals surface area contributed by atoms with Gasteiger partial charge in [0, 0.05) is 58.0 Å². The molecule has 1 aromatic carbocycles. The Morgan fingerprint density at radius 2 is 1.86 bits per heavy atom. The lowest BCUT2D eigenvalue weighted by atomic mass is 10.1. The van der Waals surface area contributed by atoms with E-state index < -0.39 is 0 Å². The third-order valence-corrected chi connectivity index (χ3v) is 5.73. The summed E-state index contributed by atoms with van der Waals surface area (Å²) in [4.78, 5) is 12.2. The standard InChI is InChI=1S/C22H37N5O.HI/c1-3-23-22(24-10-5-11-25-12-8-21(28)9-13-25)27-16-14-26(15-17-27)20-7-4-6-19(2)18-20;/h4,6-7,18,21,28H,3,5,8-17H2,1-2H3,(H,23,24);1H. The van der Waals surface area contributed by atoms with Crippen LogP contribution in [0.3, 0.4) is 0 Å². The van der Waals surface area contributed by atoms with Crippen LogP contribution in [0.1, 0.15) is 31.7 Å². The maximum Gasteiger partial charge on any atom is 0.194 e. The van der Waals surface area contributed by atoms with E-state index in [0.717, 1.165) is 84.1 Å². The third kappa shape index (κ3) is 7.61. The zero-order chi connectivity index (χ0) is 19.8. The summed E-state index contributed by atoms with van der Waals surface area (Å²) in [6, 6.07) is 8.78. The minimum atomic E-state index is -0.0897. The van der Waals surface area contributed by atoms with Gasteiger partial charge < -0.3 is 25.1 Å². The number of aliphatic hydroxyl groups excluding tert-OH is 1. The molecular weight excluding hydrogens is 477 g/mol. The predicted octanol–water partition coefficient (Wildman–Crippen LogP) is 2.55. The van der Waals surface area contributed by atoms with E-state index in [2.05, 4.69) is 58.1 Å².